The molecule has 2 N–H and O–H groups in total. The molecule has 3 heterocycles. The van der Waals surface area contributed by atoms with Crippen LogP contribution >= 0.6 is 0 Å². The van der Waals surface area contributed by atoms with Gasteiger partial charge in [-0.05, 0) is 6.92 Å². The molecule has 0 bridgehead atoms. The third-order valence-corrected chi connectivity index (χ3v) is 4.00. The van der Waals surface area contributed by atoms with E-state index in [0.717, 1.165) is 0 Å². The summed E-state index contributed by atoms with van der Waals surface area (Å²) in [4.78, 5) is 26.6. The maximum Gasteiger partial charge on any atom is 0.432 e. The molecule has 3 rings (SSSR count). The number of amides is 2. The molecule has 2 aromatic heterocycles. The average Bonchev–Trinajstić information content (AvgIpc) is 3.28. The first-order valence-electron chi connectivity index (χ1n) is 8.18. The van der Waals surface area contributed by atoms with Crippen molar-refractivity contribution in [1.29, 1.82) is 0 Å². The summed E-state index contributed by atoms with van der Waals surface area (Å²) in [6, 6.07) is 0.600. The van der Waals surface area contributed by atoms with Crippen LogP contribution in [0, 0.1) is 0 Å². The first kappa shape index (κ1) is 18.9. The molecule has 0 spiro atoms. The average molecular weight is 386 g/mol. The van der Waals surface area contributed by atoms with Crippen molar-refractivity contribution in [3.05, 3.63) is 29.3 Å². The zero-order valence-corrected chi connectivity index (χ0v) is 14.3. The lowest BCUT2D eigenvalue weighted by atomic mass is 10.2. The summed E-state index contributed by atoms with van der Waals surface area (Å²) in [5, 5.41) is 11.6. The number of hydrogen-bond donors (Lipinski definition) is 2. The fraction of sp³-hybridized carbons (Fsp3) is 0.467. The Bertz CT molecular complexity index is 838. The number of carbonyl (C=O) groups excluding carboxylic acids is 2. The summed E-state index contributed by atoms with van der Waals surface area (Å²) >= 11 is 0. The van der Waals surface area contributed by atoms with E-state index >= 15 is 0 Å². The Morgan fingerprint density at radius 2 is 2.04 bits per heavy atom. The molecule has 1 saturated heterocycles. The summed E-state index contributed by atoms with van der Waals surface area (Å²) < 4.78 is 44.6. The highest BCUT2D eigenvalue weighted by Crippen LogP contribution is 2.28. The van der Waals surface area contributed by atoms with E-state index in [2.05, 4.69) is 15.5 Å². The molecule has 9 nitrogen and oxygen atoms in total. The number of anilines is 1. The topological polar surface area (TPSA) is 105 Å². The van der Waals surface area contributed by atoms with Crippen LogP contribution in [0.3, 0.4) is 0 Å². The molecule has 1 fully saturated rings. The van der Waals surface area contributed by atoms with Crippen LogP contribution in [0.2, 0.25) is 0 Å². The fourth-order valence-corrected chi connectivity index (χ4v) is 2.63. The van der Waals surface area contributed by atoms with Crippen LogP contribution in [-0.2, 0) is 17.5 Å². The van der Waals surface area contributed by atoms with Crippen molar-refractivity contribution in [2.24, 2.45) is 0 Å². The highest BCUT2D eigenvalue weighted by atomic mass is 19.4. The predicted octanol–water partition coefficient (Wildman–Crippen LogP) is 1.37. The van der Waals surface area contributed by atoms with E-state index in [4.69, 9.17) is 4.74 Å². The molecule has 0 aromatic carbocycles. The van der Waals surface area contributed by atoms with Gasteiger partial charge in [0, 0.05) is 25.7 Å². The summed E-state index contributed by atoms with van der Waals surface area (Å²) in [5.74, 6) is -1.22. The van der Waals surface area contributed by atoms with Gasteiger partial charge in [0.05, 0.1) is 25.1 Å². The zero-order valence-electron chi connectivity index (χ0n) is 14.3. The number of aromatic nitrogens is 4. The molecule has 0 atom stereocenters. The number of H-pyrrole nitrogens is 1. The van der Waals surface area contributed by atoms with Crippen LogP contribution in [0.1, 0.15) is 33.6 Å². The Morgan fingerprint density at radius 1 is 1.33 bits per heavy atom. The van der Waals surface area contributed by atoms with Crippen molar-refractivity contribution in [2.75, 3.05) is 31.6 Å². The molecule has 0 saturated carbocycles. The zero-order chi connectivity index (χ0) is 19.6. The van der Waals surface area contributed by atoms with Crippen LogP contribution in [0.25, 0.3) is 0 Å². The van der Waals surface area contributed by atoms with Crippen molar-refractivity contribution < 1.29 is 27.5 Å². The molecule has 27 heavy (non-hydrogen) atoms. The smallest absolute Gasteiger partial charge is 0.378 e. The second-order valence-corrected chi connectivity index (χ2v) is 5.75. The van der Waals surface area contributed by atoms with Gasteiger partial charge in [-0.15, -0.1) is 0 Å². The molecular weight excluding hydrogens is 369 g/mol. The predicted molar refractivity (Wildman–Crippen MR) is 86.2 cm³/mol. The Kier molecular flexibility index (Phi) is 5.17. The number of ether oxygens (including phenoxy) is 1. The number of morpholine rings is 1. The summed E-state index contributed by atoms with van der Waals surface area (Å²) in [6.45, 7) is 3.76. The van der Waals surface area contributed by atoms with E-state index in [1.807, 2.05) is 0 Å². The number of hydrogen-bond acceptors (Lipinski definition) is 5. The van der Waals surface area contributed by atoms with E-state index in [1.54, 1.807) is 16.9 Å². The van der Waals surface area contributed by atoms with Crippen LogP contribution in [0.5, 0.6) is 0 Å². The molecule has 2 amide bonds. The highest BCUT2D eigenvalue weighted by Gasteiger charge is 2.34. The SMILES string of the molecule is CCn1ncc(NC(=O)c2cc(C(F)(F)F)[nH]n2)c1C(=O)N1CCOCC1. The minimum absolute atomic E-state index is 0.106. The Morgan fingerprint density at radius 3 is 2.63 bits per heavy atom. The van der Waals surface area contributed by atoms with Gasteiger partial charge in [0.15, 0.2) is 5.69 Å². The summed E-state index contributed by atoms with van der Waals surface area (Å²) in [7, 11) is 0. The summed E-state index contributed by atoms with van der Waals surface area (Å²) in [5.41, 5.74) is -1.33. The standard InChI is InChI=1S/C15H17F3N6O3/c1-2-24-12(14(26)23-3-5-27-6-4-23)10(8-19-24)20-13(25)9-7-11(22-21-9)15(16,17)18/h7-8H,2-6H2,1H3,(H,20,25)(H,21,22). The van der Waals surface area contributed by atoms with Crippen LogP contribution in [-0.4, -0.2) is 63.0 Å². The van der Waals surface area contributed by atoms with Crippen molar-refractivity contribution >= 4 is 17.5 Å². The van der Waals surface area contributed by atoms with Gasteiger partial charge in [0.1, 0.15) is 11.4 Å². The van der Waals surface area contributed by atoms with Crippen molar-refractivity contribution in [1.82, 2.24) is 24.9 Å². The quantitative estimate of drug-likeness (QED) is 0.826. The lowest BCUT2D eigenvalue weighted by Gasteiger charge is -2.27. The molecule has 2 aromatic rings. The lowest BCUT2D eigenvalue weighted by molar-refractivity contribution is -0.141. The Hall–Kier alpha value is -2.89. The molecule has 1 aliphatic heterocycles. The van der Waals surface area contributed by atoms with E-state index in [-0.39, 0.29) is 17.3 Å². The van der Waals surface area contributed by atoms with Crippen molar-refractivity contribution in [2.45, 2.75) is 19.6 Å². The lowest BCUT2D eigenvalue weighted by Crippen LogP contribution is -2.41. The van der Waals surface area contributed by atoms with Crippen LogP contribution in [0.4, 0.5) is 18.9 Å². The van der Waals surface area contributed by atoms with Gasteiger partial charge < -0.3 is 15.0 Å². The van der Waals surface area contributed by atoms with E-state index in [0.29, 0.717) is 38.9 Å². The van der Waals surface area contributed by atoms with Gasteiger partial charge in [-0.2, -0.15) is 23.4 Å². The van der Waals surface area contributed by atoms with E-state index in [9.17, 15) is 22.8 Å². The first-order chi connectivity index (χ1) is 12.8. The number of carbonyl (C=O) groups is 2. The largest absolute Gasteiger partial charge is 0.432 e. The second-order valence-electron chi connectivity index (χ2n) is 5.75. The van der Waals surface area contributed by atoms with Gasteiger partial charge in [-0.1, -0.05) is 0 Å². The molecule has 0 aliphatic carbocycles. The molecule has 146 valence electrons. The third kappa shape index (κ3) is 3.94. The normalized spacial score (nSPS) is 15.0. The number of aromatic amines is 1. The maximum absolute atomic E-state index is 12.8. The van der Waals surface area contributed by atoms with E-state index in [1.165, 1.54) is 10.9 Å². The maximum atomic E-state index is 12.8. The van der Waals surface area contributed by atoms with Gasteiger partial charge in [-0.25, -0.2) is 0 Å². The number of nitrogens with zero attached hydrogens (tertiary/aromatic N) is 4. The second kappa shape index (κ2) is 7.39. The monoisotopic (exact) mass is 386 g/mol. The molecule has 12 heteroatoms. The minimum atomic E-state index is -4.64. The number of nitrogens with one attached hydrogen (secondary N) is 2. The van der Waals surface area contributed by atoms with Crippen molar-refractivity contribution in [3.8, 4) is 0 Å². The van der Waals surface area contributed by atoms with Crippen LogP contribution < -0.4 is 5.32 Å². The number of rotatable bonds is 4. The highest BCUT2D eigenvalue weighted by molar-refractivity contribution is 6.07. The van der Waals surface area contributed by atoms with Gasteiger partial charge in [0.25, 0.3) is 11.8 Å². The number of halogens is 3. The molecule has 0 radical (unpaired) electrons. The Labute approximate surface area is 151 Å². The summed E-state index contributed by atoms with van der Waals surface area (Å²) in [6.07, 6.45) is -3.36. The van der Waals surface area contributed by atoms with Crippen molar-refractivity contribution in [3.63, 3.8) is 0 Å². The third-order valence-electron chi connectivity index (χ3n) is 4.00. The molecule has 0 unspecified atom stereocenters. The minimum Gasteiger partial charge on any atom is -0.378 e. The van der Waals surface area contributed by atoms with Gasteiger partial charge in [-0.3, -0.25) is 19.4 Å². The van der Waals surface area contributed by atoms with Gasteiger partial charge >= 0.3 is 6.18 Å². The van der Waals surface area contributed by atoms with Gasteiger partial charge in [0.2, 0.25) is 0 Å². The van der Waals surface area contributed by atoms with Crippen LogP contribution in [0.15, 0.2) is 12.3 Å². The Balaban J connectivity index is 1.82. The fourth-order valence-electron chi connectivity index (χ4n) is 2.63. The molecular formula is C15H17F3N6O3. The number of alkyl halides is 3. The first-order valence-corrected chi connectivity index (χ1v) is 8.18. The number of aryl methyl sites for hydroxylation is 1. The van der Waals surface area contributed by atoms with E-state index < -0.39 is 23.5 Å². The molecule has 1 aliphatic rings.